The molecule has 0 bridgehead atoms. The third-order valence-corrected chi connectivity index (χ3v) is 6.68. The Morgan fingerprint density at radius 1 is 1.06 bits per heavy atom. The molecule has 0 spiro atoms. The summed E-state index contributed by atoms with van der Waals surface area (Å²) in [6, 6.07) is 12.3. The molecular formula is C25H30N2O5S. The lowest BCUT2D eigenvalue weighted by Crippen LogP contribution is -2.27. The third-order valence-electron chi connectivity index (χ3n) is 4.76. The molecule has 0 saturated heterocycles. The van der Waals surface area contributed by atoms with E-state index in [1.165, 1.54) is 0 Å². The summed E-state index contributed by atoms with van der Waals surface area (Å²) in [4.78, 5) is 12.4. The third kappa shape index (κ3) is 6.44. The van der Waals surface area contributed by atoms with Gasteiger partial charge in [0.1, 0.15) is 11.4 Å². The van der Waals surface area contributed by atoms with E-state index in [4.69, 9.17) is 9.47 Å². The van der Waals surface area contributed by atoms with E-state index >= 15 is 0 Å². The molecule has 0 N–H and O–H groups in total. The highest BCUT2D eigenvalue weighted by atomic mass is 32.2. The van der Waals surface area contributed by atoms with E-state index in [1.54, 1.807) is 55.9 Å². The number of hydrogen-bond donors (Lipinski definition) is 0. The second kappa shape index (κ2) is 9.79. The quantitative estimate of drug-likeness (QED) is 0.445. The van der Waals surface area contributed by atoms with Crippen molar-refractivity contribution in [2.75, 3.05) is 12.4 Å². The number of aryl methyl sites for hydroxylation is 1. The predicted octanol–water partition coefficient (Wildman–Crippen LogP) is 4.66. The number of carbonyl (C=O) groups excluding carboxylic acids is 1. The van der Waals surface area contributed by atoms with Crippen LogP contribution in [0.5, 0.6) is 5.75 Å². The van der Waals surface area contributed by atoms with Crippen molar-refractivity contribution in [1.29, 1.82) is 0 Å². The minimum absolute atomic E-state index is 0.0776. The van der Waals surface area contributed by atoms with Gasteiger partial charge in [-0.2, -0.15) is 5.10 Å². The summed E-state index contributed by atoms with van der Waals surface area (Å²) in [6.45, 7) is 6.95. The molecule has 0 radical (unpaired) electrons. The van der Waals surface area contributed by atoms with Crippen molar-refractivity contribution in [2.45, 2.75) is 44.6 Å². The van der Waals surface area contributed by atoms with Crippen LogP contribution in [-0.2, 0) is 26.4 Å². The second-order valence-corrected chi connectivity index (χ2v) is 10.9. The zero-order valence-electron chi connectivity index (χ0n) is 19.7. The Bertz CT molecular complexity index is 1240. The Balaban J connectivity index is 2.02. The Morgan fingerprint density at radius 3 is 2.45 bits per heavy atom. The molecule has 33 heavy (non-hydrogen) atoms. The number of ether oxygens (including phenoxy) is 2. The van der Waals surface area contributed by atoms with E-state index in [0.717, 1.165) is 11.1 Å². The Hall–Kier alpha value is -3.13. The van der Waals surface area contributed by atoms with Gasteiger partial charge in [-0.05, 0) is 62.6 Å². The van der Waals surface area contributed by atoms with Crippen molar-refractivity contribution in [3.63, 3.8) is 0 Å². The van der Waals surface area contributed by atoms with Gasteiger partial charge in [0, 0.05) is 24.4 Å². The van der Waals surface area contributed by atoms with Crippen LogP contribution in [0.3, 0.4) is 0 Å². The molecule has 0 aliphatic carbocycles. The molecule has 1 aromatic heterocycles. The lowest BCUT2D eigenvalue weighted by atomic mass is 9.99. The number of nitrogens with zero attached hydrogens (tertiary/aromatic N) is 2. The van der Waals surface area contributed by atoms with Crippen molar-refractivity contribution in [3.8, 4) is 28.0 Å². The van der Waals surface area contributed by atoms with Crippen LogP contribution < -0.4 is 4.74 Å². The lowest BCUT2D eigenvalue weighted by molar-refractivity contribution is -0.157. The van der Waals surface area contributed by atoms with Crippen molar-refractivity contribution < 1.29 is 22.7 Å². The van der Waals surface area contributed by atoms with E-state index in [9.17, 15) is 13.2 Å². The number of benzene rings is 2. The second-order valence-electron chi connectivity index (χ2n) is 8.84. The summed E-state index contributed by atoms with van der Waals surface area (Å²) in [5.74, 6) is 0.0522. The molecule has 0 aliphatic rings. The fraction of sp³-hybridized carbons (Fsp3) is 0.360. The van der Waals surface area contributed by atoms with Crippen LogP contribution in [-0.4, -0.2) is 42.1 Å². The van der Waals surface area contributed by atoms with Crippen LogP contribution in [0.2, 0.25) is 0 Å². The van der Waals surface area contributed by atoms with Crippen LogP contribution in [0.15, 0.2) is 59.8 Å². The van der Waals surface area contributed by atoms with Gasteiger partial charge < -0.3 is 9.47 Å². The molecule has 176 valence electrons. The summed E-state index contributed by atoms with van der Waals surface area (Å²) < 4.78 is 38.1. The minimum atomic E-state index is -3.39. The lowest BCUT2D eigenvalue weighted by Gasteiger charge is -2.20. The van der Waals surface area contributed by atoms with Crippen molar-refractivity contribution in [1.82, 2.24) is 9.78 Å². The SMILES string of the molecule is CCCS(=O)(=O)c1cccc(-c2cc(-c3cnn(C)c3)ccc2OCC(=O)OC(C)(C)C)c1. The van der Waals surface area contributed by atoms with Gasteiger partial charge in [-0.3, -0.25) is 4.68 Å². The number of rotatable bonds is 8. The Morgan fingerprint density at radius 2 is 1.82 bits per heavy atom. The van der Waals surface area contributed by atoms with Crippen molar-refractivity contribution >= 4 is 15.8 Å². The first-order valence-electron chi connectivity index (χ1n) is 10.8. The molecule has 3 aromatic rings. The Kier molecular flexibility index (Phi) is 7.27. The normalized spacial score (nSPS) is 11.9. The monoisotopic (exact) mass is 470 g/mol. The first kappa shape index (κ1) is 24.5. The molecule has 7 nitrogen and oxygen atoms in total. The summed E-state index contributed by atoms with van der Waals surface area (Å²) in [5.41, 5.74) is 2.54. The summed E-state index contributed by atoms with van der Waals surface area (Å²) in [6.07, 6.45) is 4.18. The zero-order chi connectivity index (χ0) is 24.2. The summed E-state index contributed by atoms with van der Waals surface area (Å²) in [7, 11) is -1.55. The van der Waals surface area contributed by atoms with E-state index in [0.29, 0.717) is 23.3 Å². The van der Waals surface area contributed by atoms with Gasteiger partial charge in [0.15, 0.2) is 16.4 Å². The van der Waals surface area contributed by atoms with Crippen molar-refractivity contribution in [3.05, 3.63) is 54.9 Å². The van der Waals surface area contributed by atoms with Crippen LogP contribution in [0.1, 0.15) is 34.1 Å². The fourth-order valence-electron chi connectivity index (χ4n) is 3.38. The van der Waals surface area contributed by atoms with Gasteiger partial charge in [-0.15, -0.1) is 0 Å². The highest BCUT2D eigenvalue weighted by molar-refractivity contribution is 7.91. The van der Waals surface area contributed by atoms with Crippen LogP contribution in [0.4, 0.5) is 0 Å². The maximum absolute atomic E-state index is 12.6. The maximum atomic E-state index is 12.6. The number of sulfone groups is 1. The highest BCUT2D eigenvalue weighted by Crippen LogP contribution is 2.35. The van der Waals surface area contributed by atoms with Crippen LogP contribution in [0, 0.1) is 0 Å². The van der Waals surface area contributed by atoms with Gasteiger partial charge >= 0.3 is 5.97 Å². The molecule has 1 heterocycles. The van der Waals surface area contributed by atoms with Crippen molar-refractivity contribution in [2.24, 2.45) is 7.05 Å². The largest absolute Gasteiger partial charge is 0.481 e. The molecular weight excluding hydrogens is 440 g/mol. The molecule has 0 aliphatic heterocycles. The average Bonchev–Trinajstić information content (AvgIpc) is 3.17. The smallest absolute Gasteiger partial charge is 0.344 e. The zero-order valence-corrected chi connectivity index (χ0v) is 20.5. The maximum Gasteiger partial charge on any atom is 0.344 e. The van der Waals surface area contributed by atoms with E-state index < -0.39 is 21.4 Å². The van der Waals surface area contributed by atoms with Gasteiger partial charge in [0.05, 0.1) is 16.8 Å². The van der Waals surface area contributed by atoms with E-state index in [1.807, 2.05) is 38.4 Å². The van der Waals surface area contributed by atoms with E-state index in [-0.39, 0.29) is 17.3 Å². The fourth-order valence-corrected chi connectivity index (χ4v) is 4.75. The molecule has 0 saturated carbocycles. The molecule has 8 heteroatoms. The van der Waals surface area contributed by atoms with Gasteiger partial charge in [-0.1, -0.05) is 25.1 Å². The van der Waals surface area contributed by atoms with E-state index in [2.05, 4.69) is 5.10 Å². The summed E-state index contributed by atoms with van der Waals surface area (Å²) in [5, 5.41) is 4.22. The number of aromatic nitrogens is 2. The highest BCUT2D eigenvalue weighted by Gasteiger charge is 2.19. The van der Waals surface area contributed by atoms with Crippen LogP contribution in [0.25, 0.3) is 22.3 Å². The predicted molar refractivity (Wildman–Crippen MR) is 128 cm³/mol. The number of carbonyl (C=O) groups is 1. The molecule has 3 rings (SSSR count). The van der Waals surface area contributed by atoms with Gasteiger partial charge in [0.25, 0.3) is 0 Å². The minimum Gasteiger partial charge on any atom is -0.481 e. The standard InChI is InChI=1S/C25H30N2O5S/c1-6-12-33(29,30)21-9-7-8-19(13-21)22-14-18(20-15-26-27(5)16-20)10-11-23(22)31-17-24(28)32-25(2,3)4/h7-11,13-16H,6,12,17H2,1-5H3. The first-order valence-corrected chi connectivity index (χ1v) is 12.4. The summed E-state index contributed by atoms with van der Waals surface area (Å²) >= 11 is 0. The Labute approximate surface area is 195 Å². The molecule has 0 atom stereocenters. The van der Waals surface area contributed by atoms with Gasteiger partial charge in [0.2, 0.25) is 0 Å². The molecule has 2 aromatic carbocycles. The average molecular weight is 471 g/mol. The number of hydrogen-bond acceptors (Lipinski definition) is 6. The first-order chi connectivity index (χ1) is 15.5. The number of esters is 1. The van der Waals surface area contributed by atoms with Crippen LogP contribution >= 0.6 is 0 Å². The topological polar surface area (TPSA) is 87.5 Å². The molecule has 0 amide bonds. The molecule has 0 fully saturated rings. The molecule has 0 unspecified atom stereocenters. The van der Waals surface area contributed by atoms with Gasteiger partial charge in [-0.25, -0.2) is 13.2 Å².